The maximum absolute atomic E-state index is 13.1. The first-order chi connectivity index (χ1) is 8.00. The van der Waals surface area contributed by atoms with Crippen LogP contribution in [-0.2, 0) is 0 Å². The summed E-state index contributed by atoms with van der Waals surface area (Å²) in [4.78, 5) is 11.0. The van der Waals surface area contributed by atoms with Crippen molar-refractivity contribution in [1.29, 1.82) is 0 Å². The largest absolute Gasteiger partial charge is 0.477 e. The molecule has 0 spiro atoms. The molecular formula is C11H10FN3O2. The average molecular weight is 235 g/mol. The molecule has 2 rings (SSSR count). The number of aromatic amines is 1. The van der Waals surface area contributed by atoms with Crippen molar-refractivity contribution in [3.63, 3.8) is 0 Å². The number of aromatic nitrogens is 2. The fraction of sp³-hybridized carbons (Fsp3) is 0.0909. The summed E-state index contributed by atoms with van der Waals surface area (Å²) in [6.45, 7) is 1.60. The lowest BCUT2D eigenvalue weighted by Gasteiger charge is -2.02. The maximum Gasteiger partial charge on any atom is 0.341 e. The Morgan fingerprint density at radius 2 is 2.24 bits per heavy atom. The minimum Gasteiger partial charge on any atom is -0.477 e. The Labute approximate surface area is 96.1 Å². The number of carbonyl (C=O) groups is 1. The molecule has 1 aromatic carbocycles. The molecule has 0 saturated heterocycles. The number of carboxylic acid groups (broad SMARTS) is 1. The highest BCUT2D eigenvalue weighted by molar-refractivity contribution is 5.99. The second kappa shape index (κ2) is 3.89. The Kier molecular flexibility index (Phi) is 2.55. The number of nitrogens with zero attached hydrogens (tertiary/aromatic N) is 1. The molecule has 0 saturated carbocycles. The second-order valence-corrected chi connectivity index (χ2v) is 3.63. The summed E-state index contributed by atoms with van der Waals surface area (Å²) in [5.41, 5.74) is 6.58. The van der Waals surface area contributed by atoms with E-state index in [4.69, 9.17) is 10.8 Å². The molecule has 0 fully saturated rings. The van der Waals surface area contributed by atoms with Crippen LogP contribution in [0.25, 0.3) is 11.3 Å². The summed E-state index contributed by atoms with van der Waals surface area (Å²) in [6, 6.07) is 4.28. The van der Waals surface area contributed by atoms with Gasteiger partial charge in [-0.1, -0.05) is 0 Å². The predicted molar refractivity (Wildman–Crippen MR) is 60.1 cm³/mol. The van der Waals surface area contributed by atoms with E-state index in [-0.39, 0.29) is 22.9 Å². The van der Waals surface area contributed by atoms with Crippen LogP contribution in [0.4, 0.5) is 10.2 Å². The van der Waals surface area contributed by atoms with Gasteiger partial charge in [-0.3, -0.25) is 5.10 Å². The summed E-state index contributed by atoms with van der Waals surface area (Å²) in [5, 5.41) is 15.2. The van der Waals surface area contributed by atoms with E-state index in [9.17, 15) is 9.18 Å². The number of nitrogens with one attached hydrogen (secondary N) is 1. The van der Waals surface area contributed by atoms with Gasteiger partial charge < -0.3 is 10.8 Å². The maximum atomic E-state index is 13.1. The Morgan fingerprint density at radius 3 is 2.82 bits per heavy atom. The topological polar surface area (TPSA) is 92.0 Å². The lowest BCUT2D eigenvalue weighted by Crippen LogP contribution is -2.01. The number of carboxylic acids is 1. The van der Waals surface area contributed by atoms with Crippen molar-refractivity contribution in [3.05, 3.63) is 35.1 Å². The van der Waals surface area contributed by atoms with Crippen molar-refractivity contribution in [2.75, 3.05) is 5.73 Å². The normalized spacial score (nSPS) is 10.5. The minimum atomic E-state index is -1.17. The number of rotatable bonds is 2. The van der Waals surface area contributed by atoms with Crippen LogP contribution < -0.4 is 5.73 Å². The number of halogens is 1. The quantitative estimate of drug-likeness (QED) is 0.740. The predicted octanol–water partition coefficient (Wildman–Crippen LogP) is 1.80. The number of hydrogen-bond donors (Lipinski definition) is 3. The van der Waals surface area contributed by atoms with Gasteiger partial charge in [0.25, 0.3) is 0 Å². The summed E-state index contributed by atoms with van der Waals surface area (Å²) < 4.78 is 13.1. The van der Waals surface area contributed by atoms with Crippen molar-refractivity contribution in [2.45, 2.75) is 6.92 Å². The molecule has 1 heterocycles. The standard InChI is InChI=1S/C11H10FN3O2/c1-5-4-6(2-3-7(5)12)9-8(11(16)17)10(13)15-14-9/h2-4H,1H3,(H,16,17)(H3,13,14,15). The Bertz CT molecular complexity index is 592. The van der Waals surface area contributed by atoms with Gasteiger partial charge in [0.05, 0.1) is 5.69 Å². The molecule has 0 radical (unpaired) electrons. The van der Waals surface area contributed by atoms with E-state index < -0.39 is 5.97 Å². The fourth-order valence-electron chi connectivity index (χ4n) is 1.58. The number of aryl methyl sites for hydroxylation is 1. The molecule has 88 valence electrons. The second-order valence-electron chi connectivity index (χ2n) is 3.63. The highest BCUT2D eigenvalue weighted by Gasteiger charge is 2.19. The van der Waals surface area contributed by atoms with Crippen LogP contribution in [0.15, 0.2) is 18.2 Å². The Hall–Kier alpha value is -2.37. The van der Waals surface area contributed by atoms with E-state index in [1.54, 1.807) is 6.92 Å². The van der Waals surface area contributed by atoms with Gasteiger partial charge in [-0.05, 0) is 30.7 Å². The van der Waals surface area contributed by atoms with E-state index in [1.807, 2.05) is 0 Å². The lowest BCUT2D eigenvalue weighted by molar-refractivity contribution is 0.0699. The van der Waals surface area contributed by atoms with Crippen LogP contribution in [0.1, 0.15) is 15.9 Å². The van der Waals surface area contributed by atoms with Gasteiger partial charge in [0, 0.05) is 5.56 Å². The van der Waals surface area contributed by atoms with Crippen molar-refractivity contribution in [1.82, 2.24) is 10.2 Å². The number of H-pyrrole nitrogens is 1. The number of hydrogen-bond acceptors (Lipinski definition) is 3. The van der Waals surface area contributed by atoms with Gasteiger partial charge >= 0.3 is 5.97 Å². The molecule has 0 bridgehead atoms. The zero-order valence-electron chi connectivity index (χ0n) is 8.99. The van der Waals surface area contributed by atoms with Gasteiger partial charge in [0.1, 0.15) is 11.4 Å². The van der Waals surface area contributed by atoms with E-state index in [0.29, 0.717) is 11.1 Å². The highest BCUT2D eigenvalue weighted by Crippen LogP contribution is 2.26. The van der Waals surface area contributed by atoms with E-state index in [0.717, 1.165) is 0 Å². The Balaban J connectivity index is 2.60. The third-order valence-electron chi connectivity index (χ3n) is 2.45. The van der Waals surface area contributed by atoms with Crippen LogP contribution >= 0.6 is 0 Å². The van der Waals surface area contributed by atoms with Crippen molar-refractivity contribution in [2.24, 2.45) is 0 Å². The van der Waals surface area contributed by atoms with Crippen LogP contribution in [0.3, 0.4) is 0 Å². The molecule has 0 unspecified atom stereocenters. The summed E-state index contributed by atoms with van der Waals surface area (Å²) in [5.74, 6) is -1.61. The zero-order valence-corrected chi connectivity index (χ0v) is 8.99. The first kappa shape index (κ1) is 11.1. The van der Waals surface area contributed by atoms with E-state index in [2.05, 4.69) is 10.2 Å². The molecular weight excluding hydrogens is 225 g/mol. The van der Waals surface area contributed by atoms with Gasteiger partial charge in [-0.2, -0.15) is 5.10 Å². The molecule has 2 aromatic rings. The molecule has 0 aliphatic carbocycles. The van der Waals surface area contributed by atoms with E-state index in [1.165, 1.54) is 18.2 Å². The van der Waals surface area contributed by atoms with Crippen molar-refractivity contribution in [3.8, 4) is 11.3 Å². The number of nitrogens with two attached hydrogens (primary N) is 1. The molecule has 0 aliphatic heterocycles. The molecule has 0 atom stereocenters. The van der Waals surface area contributed by atoms with Crippen molar-refractivity contribution < 1.29 is 14.3 Å². The molecule has 1 aromatic heterocycles. The third-order valence-corrected chi connectivity index (χ3v) is 2.45. The number of nitrogen functional groups attached to an aromatic ring is 1. The monoisotopic (exact) mass is 235 g/mol. The highest BCUT2D eigenvalue weighted by atomic mass is 19.1. The summed E-state index contributed by atoms with van der Waals surface area (Å²) >= 11 is 0. The van der Waals surface area contributed by atoms with Gasteiger partial charge in [0.15, 0.2) is 5.82 Å². The molecule has 0 aliphatic rings. The van der Waals surface area contributed by atoms with E-state index >= 15 is 0 Å². The molecule has 6 heteroatoms. The number of aromatic carboxylic acids is 1. The number of anilines is 1. The molecule has 5 nitrogen and oxygen atoms in total. The van der Waals surface area contributed by atoms with Gasteiger partial charge in [-0.15, -0.1) is 0 Å². The SMILES string of the molecule is Cc1cc(-c2[nH]nc(N)c2C(=O)O)ccc1F. The van der Waals surface area contributed by atoms with Crippen LogP contribution in [0.5, 0.6) is 0 Å². The van der Waals surface area contributed by atoms with Crippen LogP contribution in [0, 0.1) is 12.7 Å². The lowest BCUT2D eigenvalue weighted by atomic mass is 10.0. The first-order valence-corrected chi connectivity index (χ1v) is 4.84. The van der Waals surface area contributed by atoms with Gasteiger partial charge in [-0.25, -0.2) is 9.18 Å². The smallest absolute Gasteiger partial charge is 0.341 e. The zero-order chi connectivity index (χ0) is 12.6. The van der Waals surface area contributed by atoms with Crippen molar-refractivity contribution >= 4 is 11.8 Å². The third kappa shape index (κ3) is 1.84. The summed E-state index contributed by atoms with van der Waals surface area (Å²) in [6.07, 6.45) is 0. The van der Waals surface area contributed by atoms with Crippen LogP contribution in [-0.4, -0.2) is 21.3 Å². The fourth-order valence-corrected chi connectivity index (χ4v) is 1.58. The van der Waals surface area contributed by atoms with Gasteiger partial charge in [0.2, 0.25) is 0 Å². The molecule has 4 N–H and O–H groups in total. The number of benzene rings is 1. The minimum absolute atomic E-state index is 0.0884. The molecule has 0 amide bonds. The summed E-state index contributed by atoms with van der Waals surface area (Å²) in [7, 11) is 0. The first-order valence-electron chi connectivity index (χ1n) is 4.84. The van der Waals surface area contributed by atoms with Crippen LogP contribution in [0.2, 0.25) is 0 Å². The Morgan fingerprint density at radius 1 is 1.53 bits per heavy atom. The molecule has 17 heavy (non-hydrogen) atoms. The average Bonchev–Trinajstić information content (AvgIpc) is 2.64.